The normalized spacial score (nSPS) is 15.3. The lowest BCUT2D eigenvalue weighted by atomic mass is 9.86. The molecule has 9 heteroatoms. The van der Waals surface area contributed by atoms with Gasteiger partial charge in [0.1, 0.15) is 0 Å². The van der Waals surface area contributed by atoms with Crippen molar-refractivity contribution in [3.05, 3.63) is 118 Å². The van der Waals surface area contributed by atoms with Crippen LogP contribution in [0.5, 0.6) is 0 Å². The Kier molecular flexibility index (Phi) is 4.84. The quantitative estimate of drug-likeness (QED) is 0.235. The molecule has 1 N–H and O–H groups in total. The third-order valence-electron chi connectivity index (χ3n) is 6.83. The van der Waals surface area contributed by atoms with E-state index in [-0.39, 0.29) is 0 Å². The number of aliphatic imine (C=N–C) groups is 1. The minimum Gasteiger partial charge on any atom is -0.389 e. The smallest absolute Gasteiger partial charge is 0.389 e. The van der Waals surface area contributed by atoms with E-state index < -0.39 is 6.97 Å². The van der Waals surface area contributed by atoms with Gasteiger partial charge in [0.05, 0.1) is 22.6 Å². The maximum Gasteiger partial charge on any atom is 0.738 e. The fourth-order valence-corrected chi connectivity index (χ4v) is 5.54. The molecule has 0 aliphatic carbocycles. The van der Waals surface area contributed by atoms with Crippen LogP contribution in [0.1, 0.15) is 11.3 Å². The molecule has 0 bridgehead atoms. The lowest BCUT2D eigenvalue weighted by Crippen LogP contribution is -2.54. The van der Waals surface area contributed by atoms with Crippen molar-refractivity contribution in [3.63, 3.8) is 0 Å². The molecule has 1 aromatic heterocycles. The highest BCUT2D eigenvalue weighted by Gasteiger charge is 2.56. The monoisotopic (exact) mass is 528 g/mol. The van der Waals surface area contributed by atoms with E-state index >= 15 is 8.63 Å². The van der Waals surface area contributed by atoms with Crippen LogP contribution in [0, 0.1) is 0 Å². The summed E-state index contributed by atoms with van der Waals surface area (Å²) in [5.41, 5.74) is 4.56. The summed E-state index contributed by atoms with van der Waals surface area (Å²) in [7, 11) is 0. The van der Waals surface area contributed by atoms with E-state index in [2.05, 4.69) is 5.32 Å². The summed E-state index contributed by atoms with van der Waals surface area (Å²) < 4.78 is 36.1. The van der Waals surface area contributed by atoms with Crippen LogP contribution < -0.4 is 5.32 Å². The summed E-state index contributed by atoms with van der Waals surface area (Å²) in [6, 6.07) is 28.2. The molecule has 0 unspecified atom stereocenters. The minimum atomic E-state index is -4.33. The molecule has 0 amide bonds. The number of halogens is 4. The van der Waals surface area contributed by atoms with E-state index in [1.165, 1.54) is 0 Å². The molecule has 0 saturated heterocycles. The van der Waals surface area contributed by atoms with Crippen molar-refractivity contribution in [1.82, 2.24) is 4.48 Å². The molecule has 0 saturated carbocycles. The van der Waals surface area contributed by atoms with E-state index in [1.807, 2.05) is 48.5 Å². The van der Waals surface area contributed by atoms with E-state index in [9.17, 15) is 0 Å². The molecule has 180 valence electrons. The molecule has 0 atom stereocenters. The Morgan fingerprint density at radius 3 is 2.19 bits per heavy atom. The van der Waals surface area contributed by atoms with Gasteiger partial charge in [-0.15, -0.1) is 0 Å². The van der Waals surface area contributed by atoms with Gasteiger partial charge in [0.25, 0.3) is 0 Å². The van der Waals surface area contributed by atoms with Gasteiger partial charge in [-0.2, -0.15) is 0 Å². The second kappa shape index (κ2) is 8.03. The van der Waals surface area contributed by atoms with Crippen LogP contribution in [0.3, 0.4) is 0 Å². The first-order valence-corrected chi connectivity index (χ1v) is 12.5. The third-order valence-corrected chi connectivity index (χ3v) is 7.34. The SMILES string of the molecule is F[B-]1(F)n2c(c(Nc3ccc(Cl)cc3)c3ccccc32)C2=Nc3ccccc3C2=[N+]1c1ccc(Cl)cc1. The van der Waals surface area contributed by atoms with Crippen molar-refractivity contribution in [2.75, 3.05) is 5.32 Å². The second-order valence-corrected chi connectivity index (χ2v) is 9.88. The maximum absolute atomic E-state index is 16.9. The summed E-state index contributed by atoms with van der Waals surface area (Å²) >= 11 is 12.2. The average molecular weight is 529 g/mol. The molecule has 4 aromatic carbocycles. The van der Waals surface area contributed by atoms with Gasteiger partial charge in [-0.1, -0.05) is 53.5 Å². The summed E-state index contributed by atoms with van der Waals surface area (Å²) in [5, 5.41) is 5.13. The number of benzene rings is 4. The van der Waals surface area contributed by atoms with E-state index in [1.54, 1.807) is 48.5 Å². The standard InChI is InChI=1S/C28H17BCl2F2N4/c30-17-9-13-19(14-10-17)34-25-22-6-2-4-8-24(22)37-28(25)26-27(21-5-1-3-7-23(21)35-26)36(29(37,32)33)20-15-11-18(31)12-16-20/h1-16,34H. The fraction of sp³-hybridized carbons (Fsp3) is 0. The van der Waals surface area contributed by atoms with Gasteiger partial charge in [-0.25, -0.2) is 4.99 Å². The van der Waals surface area contributed by atoms with E-state index in [0.717, 1.165) is 14.7 Å². The van der Waals surface area contributed by atoms with Gasteiger partial charge in [-0.3, -0.25) is 0 Å². The van der Waals surface area contributed by atoms with Crippen LogP contribution >= 0.6 is 23.2 Å². The molecule has 0 spiro atoms. The highest BCUT2D eigenvalue weighted by Crippen LogP contribution is 2.44. The van der Waals surface area contributed by atoms with Crippen molar-refractivity contribution in [2.45, 2.75) is 0 Å². The number of rotatable bonds is 3. The first-order chi connectivity index (χ1) is 17.9. The topological polar surface area (TPSA) is 32.3 Å². The highest BCUT2D eigenvalue weighted by molar-refractivity contribution is 6.68. The molecular weight excluding hydrogens is 512 g/mol. The van der Waals surface area contributed by atoms with Crippen LogP contribution in [-0.4, -0.2) is 27.4 Å². The average Bonchev–Trinajstić information content (AvgIpc) is 3.43. The fourth-order valence-electron chi connectivity index (χ4n) is 5.29. The first kappa shape index (κ1) is 22.3. The van der Waals surface area contributed by atoms with Crippen LogP contribution in [0.4, 0.5) is 31.4 Å². The molecule has 2 aliphatic heterocycles. The van der Waals surface area contributed by atoms with Crippen LogP contribution in [0.25, 0.3) is 10.9 Å². The zero-order valence-electron chi connectivity index (χ0n) is 19.2. The Morgan fingerprint density at radius 2 is 1.43 bits per heavy atom. The summed E-state index contributed by atoms with van der Waals surface area (Å²) in [5.74, 6) is 0. The summed E-state index contributed by atoms with van der Waals surface area (Å²) in [6.07, 6.45) is 0. The van der Waals surface area contributed by atoms with Crippen molar-refractivity contribution in [3.8, 4) is 0 Å². The van der Waals surface area contributed by atoms with Crippen LogP contribution in [-0.2, 0) is 0 Å². The van der Waals surface area contributed by atoms with Gasteiger partial charge in [-0.05, 0) is 54.6 Å². The maximum atomic E-state index is 16.9. The second-order valence-electron chi connectivity index (χ2n) is 9.00. The largest absolute Gasteiger partial charge is 0.738 e. The molecule has 5 aromatic rings. The molecule has 37 heavy (non-hydrogen) atoms. The number of anilines is 2. The Bertz CT molecular complexity index is 1790. The Morgan fingerprint density at radius 1 is 0.784 bits per heavy atom. The zero-order valence-corrected chi connectivity index (χ0v) is 20.7. The molecule has 2 aliphatic rings. The number of fused-ring (bicyclic) bond motifs is 7. The van der Waals surface area contributed by atoms with Crippen molar-refractivity contribution in [1.29, 1.82) is 0 Å². The Labute approximate surface area is 221 Å². The van der Waals surface area contributed by atoms with Gasteiger partial charge in [0.15, 0.2) is 17.1 Å². The van der Waals surface area contributed by atoms with Crippen molar-refractivity contribution < 1.29 is 13.1 Å². The van der Waals surface area contributed by atoms with Crippen molar-refractivity contribution >= 4 is 75.2 Å². The molecule has 3 heterocycles. The number of hydrogen-bond donors (Lipinski definition) is 1. The number of nitrogens with one attached hydrogen (secondary N) is 1. The predicted molar refractivity (Wildman–Crippen MR) is 148 cm³/mol. The first-order valence-electron chi connectivity index (χ1n) is 11.7. The Hall–Kier alpha value is -3.94. The lowest BCUT2D eigenvalue weighted by molar-refractivity contribution is -0.328. The molecule has 4 nitrogen and oxygen atoms in total. The van der Waals surface area contributed by atoms with Gasteiger partial charge in [0, 0.05) is 38.8 Å². The molecule has 7 rings (SSSR count). The summed E-state index contributed by atoms with van der Waals surface area (Å²) in [6.45, 7) is -4.33. The minimum absolute atomic E-state index is 0.337. The summed E-state index contributed by atoms with van der Waals surface area (Å²) in [4.78, 5) is 4.89. The number of hydrogen-bond acceptors (Lipinski definition) is 2. The van der Waals surface area contributed by atoms with Crippen LogP contribution in [0.15, 0.2) is 102 Å². The zero-order chi connectivity index (χ0) is 25.3. The number of aromatic nitrogens is 1. The number of para-hydroxylation sites is 2. The van der Waals surface area contributed by atoms with Gasteiger partial charge < -0.3 is 22.9 Å². The van der Waals surface area contributed by atoms with Gasteiger partial charge in [0.2, 0.25) is 0 Å². The number of nitrogens with zero attached hydrogens (tertiary/aromatic N) is 3. The van der Waals surface area contributed by atoms with Gasteiger partial charge >= 0.3 is 6.97 Å². The molecule has 0 radical (unpaired) electrons. The van der Waals surface area contributed by atoms with E-state index in [4.69, 9.17) is 28.2 Å². The molecule has 0 fully saturated rings. The predicted octanol–water partition coefficient (Wildman–Crippen LogP) is 8.20. The highest BCUT2D eigenvalue weighted by atomic mass is 35.5. The third kappa shape index (κ3) is 3.28. The lowest BCUT2D eigenvalue weighted by Gasteiger charge is -2.32. The van der Waals surface area contributed by atoms with Crippen LogP contribution in [0.2, 0.25) is 10.0 Å². The van der Waals surface area contributed by atoms with E-state index in [0.29, 0.717) is 60.7 Å². The van der Waals surface area contributed by atoms with Crippen molar-refractivity contribution in [2.24, 2.45) is 4.99 Å². The Balaban J connectivity index is 1.58. The molecular formula is C28H17BCl2F2N4.